The number of para-hydroxylation sites is 1. The van der Waals surface area contributed by atoms with Crippen LogP contribution >= 0.6 is 27.5 Å². The zero-order valence-electron chi connectivity index (χ0n) is 15.3. The lowest BCUT2D eigenvalue weighted by Gasteiger charge is -2.19. The Labute approximate surface area is 177 Å². The maximum absolute atomic E-state index is 12.3. The first-order valence-corrected chi connectivity index (χ1v) is 9.82. The summed E-state index contributed by atoms with van der Waals surface area (Å²) in [6.45, 7) is 0.592. The van der Waals surface area contributed by atoms with Gasteiger partial charge in [-0.25, -0.2) is 4.79 Å². The molecule has 0 unspecified atom stereocenters. The molecule has 0 N–H and O–H groups in total. The van der Waals surface area contributed by atoms with Crippen LogP contribution in [0.2, 0.25) is 5.02 Å². The summed E-state index contributed by atoms with van der Waals surface area (Å²) in [4.78, 5) is 13.8. The van der Waals surface area contributed by atoms with Gasteiger partial charge in [0.15, 0.2) is 0 Å². The molecule has 4 nitrogen and oxygen atoms in total. The van der Waals surface area contributed by atoms with E-state index in [9.17, 15) is 4.79 Å². The summed E-state index contributed by atoms with van der Waals surface area (Å²) < 4.78 is 12.2. The highest BCUT2D eigenvalue weighted by atomic mass is 79.9. The molecule has 0 saturated heterocycles. The summed E-state index contributed by atoms with van der Waals surface area (Å²) in [7, 11) is 1.70. The van der Waals surface area contributed by atoms with Crippen molar-refractivity contribution in [3.8, 4) is 11.5 Å². The Balaban J connectivity index is 1.66. The van der Waals surface area contributed by atoms with E-state index in [-0.39, 0.29) is 6.61 Å². The van der Waals surface area contributed by atoms with Crippen LogP contribution in [-0.4, -0.2) is 18.0 Å². The van der Waals surface area contributed by atoms with E-state index in [0.29, 0.717) is 23.1 Å². The van der Waals surface area contributed by atoms with Crippen LogP contribution in [0.4, 0.5) is 4.79 Å². The SMILES string of the molecule is CN(Cc1ccccc1Oc1ccc(Cl)cc1Br)C(=O)OCc1ccccc1. The fraction of sp³-hybridized carbons (Fsp3) is 0.136. The molecular formula is C22H19BrClNO3. The molecule has 28 heavy (non-hydrogen) atoms. The summed E-state index contributed by atoms with van der Waals surface area (Å²) in [5.74, 6) is 1.30. The molecule has 1 amide bonds. The van der Waals surface area contributed by atoms with Crippen LogP contribution in [0.15, 0.2) is 77.3 Å². The van der Waals surface area contributed by atoms with Gasteiger partial charge in [-0.05, 0) is 45.8 Å². The monoisotopic (exact) mass is 459 g/mol. The highest BCUT2D eigenvalue weighted by Crippen LogP contribution is 2.33. The lowest BCUT2D eigenvalue weighted by Crippen LogP contribution is -2.27. The van der Waals surface area contributed by atoms with Crippen molar-refractivity contribution in [2.75, 3.05) is 7.05 Å². The summed E-state index contributed by atoms with van der Waals surface area (Å²) in [5, 5.41) is 0.619. The Morgan fingerprint density at radius 1 is 1.00 bits per heavy atom. The van der Waals surface area contributed by atoms with Gasteiger partial charge in [0.2, 0.25) is 0 Å². The van der Waals surface area contributed by atoms with Crippen molar-refractivity contribution >= 4 is 33.6 Å². The van der Waals surface area contributed by atoms with E-state index in [0.717, 1.165) is 15.6 Å². The Hall–Kier alpha value is -2.50. The fourth-order valence-corrected chi connectivity index (χ4v) is 3.32. The number of carbonyl (C=O) groups is 1. The van der Waals surface area contributed by atoms with Gasteiger partial charge < -0.3 is 14.4 Å². The molecule has 3 aromatic carbocycles. The lowest BCUT2D eigenvalue weighted by atomic mass is 10.2. The molecule has 0 bridgehead atoms. The number of hydrogen-bond acceptors (Lipinski definition) is 3. The molecule has 144 valence electrons. The zero-order valence-corrected chi connectivity index (χ0v) is 17.6. The normalized spacial score (nSPS) is 10.4. The standard InChI is InChI=1S/C22H19BrClNO3/c1-25(22(26)27-15-16-7-3-2-4-8-16)14-17-9-5-6-10-20(17)28-21-12-11-18(24)13-19(21)23/h2-13H,14-15H2,1H3. The van der Waals surface area contributed by atoms with Gasteiger partial charge in [-0.1, -0.05) is 60.1 Å². The predicted octanol–water partition coefficient (Wildman–Crippen LogP) is 6.66. The van der Waals surface area contributed by atoms with Crippen molar-refractivity contribution < 1.29 is 14.3 Å². The van der Waals surface area contributed by atoms with E-state index in [4.69, 9.17) is 21.1 Å². The third-order valence-corrected chi connectivity index (χ3v) is 4.87. The molecule has 0 fully saturated rings. The van der Waals surface area contributed by atoms with Crippen molar-refractivity contribution in [1.82, 2.24) is 4.90 Å². The second-order valence-electron chi connectivity index (χ2n) is 6.18. The van der Waals surface area contributed by atoms with E-state index < -0.39 is 6.09 Å². The molecule has 6 heteroatoms. The third-order valence-electron chi connectivity index (χ3n) is 4.01. The van der Waals surface area contributed by atoms with Gasteiger partial charge in [0.05, 0.1) is 11.0 Å². The first-order valence-electron chi connectivity index (χ1n) is 8.65. The quantitative estimate of drug-likeness (QED) is 0.413. The Bertz CT molecular complexity index is 950. The predicted molar refractivity (Wildman–Crippen MR) is 114 cm³/mol. The Morgan fingerprint density at radius 2 is 1.71 bits per heavy atom. The van der Waals surface area contributed by atoms with E-state index in [1.807, 2.05) is 54.6 Å². The molecule has 0 radical (unpaired) electrons. The Morgan fingerprint density at radius 3 is 2.46 bits per heavy atom. The van der Waals surface area contributed by atoms with Gasteiger partial charge >= 0.3 is 6.09 Å². The summed E-state index contributed by atoms with van der Waals surface area (Å²) in [5.41, 5.74) is 1.81. The van der Waals surface area contributed by atoms with Crippen molar-refractivity contribution in [1.29, 1.82) is 0 Å². The van der Waals surface area contributed by atoms with Gasteiger partial charge in [-0.15, -0.1) is 0 Å². The highest BCUT2D eigenvalue weighted by molar-refractivity contribution is 9.10. The van der Waals surface area contributed by atoms with E-state index in [2.05, 4.69) is 15.9 Å². The number of amides is 1. The molecule has 3 aromatic rings. The maximum atomic E-state index is 12.3. The smallest absolute Gasteiger partial charge is 0.410 e. The van der Waals surface area contributed by atoms with Crippen LogP contribution in [-0.2, 0) is 17.9 Å². The molecule has 0 saturated carbocycles. The van der Waals surface area contributed by atoms with Crippen LogP contribution in [0.3, 0.4) is 0 Å². The zero-order chi connectivity index (χ0) is 19.9. The molecule has 0 atom stereocenters. The number of carbonyl (C=O) groups excluding carboxylic acids is 1. The van der Waals surface area contributed by atoms with Gasteiger partial charge in [0.25, 0.3) is 0 Å². The first kappa shape index (κ1) is 20.2. The second kappa shape index (κ2) is 9.62. The van der Waals surface area contributed by atoms with E-state index in [1.165, 1.54) is 4.90 Å². The van der Waals surface area contributed by atoms with Crippen LogP contribution < -0.4 is 4.74 Å². The first-order chi connectivity index (χ1) is 13.5. The molecular weight excluding hydrogens is 442 g/mol. The largest absolute Gasteiger partial charge is 0.456 e. The lowest BCUT2D eigenvalue weighted by molar-refractivity contribution is 0.102. The highest BCUT2D eigenvalue weighted by Gasteiger charge is 2.14. The number of nitrogens with zero attached hydrogens (tertiary/aromatic N) is 1. The summed E-state index contributed by atoms with van der Waals surface area (Å²) in [6.07, 6.45) is -0.397. The number of hydrogen-bond donors (Lipinski definition) is 0. The average molecular weight is 461 g/mol. The minimum absolute atomic E-state index is 0.236. The van der Waals surface area contributed by atoms with Crippen molar-refractivity contribution in [3.63, 3.8) is 0 Å². The molecule has 0 aromatic heterocycles. The number of benzene rings is 3. The minimum Gasteiger partial charge on any atom is -0.456 e. The van der Waals surface area contributed by atoms with E-state index >= 15 is 0 Å². The molecule has 0 aliphatic heterocycles. The van der Waals surface area contributed by atoms with Crippen LogP contribution in [0.25, 0.3) is 0 Å². The number of ether oxygens (including phenoxy) is 2. The number of rotatable bonds is 6. The number of halogens is 2. The molecule has 0 aliphatic carbocycles. The maximum Gasteiger partial charge on any atom is 0.410 e. The van der Waals surface area contributed by atoms with Gasteiger partial charge in [0.1, 0.15) is 18.1 Å². The second-order valence-corrected chi connectivity index (χ2v) is 7.47. The third kappa shape index (κ3) is 5.50. The van der Waals surface area contributed by atoms with Crippen LogP contribution in [0.1, 0.15) is 11.1 Å². The molecule has 0 spiro atoms. The Kier molecular flexibility index (Phi) is 6.95. The molecule has 0 aliphatic rings. The van der Waals surface area contributed by atoms with Crippen LogP contribution in [0.5, 0.6) is 11.5 Å². The van der Waals surface area contributed by atoms with Crippen molar-refractivity contribution in [2.24, 2.45) is 0 Å². The van der Waals surface area contributed by atoms with Crippen molar-refractivity contribution in [3.05, 3.63) is 93.4 Å². The van der Waals surface area contributed by atoms with E-state index in [1.54, 1.807) is 25.2 Å². The van der Waals surface area contributed by atoms with Crippen LogP contribution in [0, 0.1) is 0 Å². The molecule has 3 rings (SSSR count). The molecule has 0 heterocycles. The topological polar surface area (TPSA) is 38.8 Å². The van der Waals surface area contributed by atoms with Crippen molar-refractivity contribution in [2.45, 2.75) is 13.2 Å². The van der Waals surface area contributed by atoms with Gasteiger partial charge in [-0.3, -0.25) is 0 Å². The average Bonchev–Trinajstić information content (AvgIpc) is 2.70. The summed E-state index contributed by atoms with van der Waals surface area (Å²) in [6, 6.07) is 22.5. The minimum atomic E-state index is -0.397. The fourth-order valence-electron chi connectivity index (χ4n) is 2.56. The van der Waals surface area contributed by atoms with Gasteiger partial charge in [-0.2, -0.15) is 0 Å². The summed E-state index contributed by atoms with van der Waals surface area (Å²) >= 11 is 9.44. The van der Waals surface area contributed by atoms with Gasteiger partial charge in [0, 0.05) is 17.6 Å².